The summed E-state index contributed by atoms with van der Waals surface area (Å²) in [5.41, 5.74) is 4.95. The first-order valence-corrected chi connectivity index (χ1v) is 11.6. The summed E-state index contributed by atoms with van der Waals surface area (Å²) in [5.74, 6) is 0.384. The summed E-state index contributed by atoms with van der Waals surface area (Å²) < 4.78 is 19.2. The normalized spacial score (nSPS) is 16.9. The Bertz CT molecular complexity index is 1400. The Morgan fingerprint density at radius 1 is 1.03 bits per heavy atom. The SMILES string of the molecule is COc1ccc([C@H]2C3=C(CN(C(C)=O)C3=O)Nc3cccc4c3c2cn4C(C)C)c(OC)c1OC. The molecule has 8 nitrogen and oxygen atoms in total. The number of benzene rings is 2. The molecule has 8 heteroatoms. The van der Waals surface area contributed by atoms with Crippen molar-refractivity contribution in [2.24, 2.45) is 0 Å². The van der Waals surface area contributed by atoms with E-state index >= 15 is 0 Å². The lowest BCUT2D eigenvalue weighted by atomic mass is 9.83. The summed E-state index contributed by atoms with van der Waals surface area (Å²) in [6.07, 6.45) is 2.11. The molecule has 1 N–H and O–H groups in total. The van der Waals surface area contributed by atoms with Gasteiger partial charge in [-0.1, -0.05) is 12.1 Å². The Balaban J connectivity index is 1.87. The van der Waals surface area contributed by atoms with Crippen LogP contribution in [-0.4, -0.2) is 49.2 Å². The van der Waals surface area contributed by atoms with Gasteiger partial charge in [-0.05, 0) is 37.6 Å². The van der Waals surface area contributed by atoms with Crippen LogP contribution in [0.1, 0.15) is 43.9 Å². The number of ether oxygens (including phenoxy) is 3. The zero-order chi connectivity index (χ0) is 25.0. The number of anilines is 1. The summed E-state index contributed by atoms with van der Waals surface area (Å²) >= 11 is 0. The average Bonchev–Trinajstić information content (AvgIpc) is 3.34. The second-order valence-electron chi connectivity index (χ2n) is 9.07. The molecular weight excluding hydrogens is 446 g/mol. The number of hydrogen-bond donors (Lipinski definition) is 1. The van der Waals surface area contributed by atoms with E-state index < -0.39 is 5.92 Å². The van der Waals surface area contributed by atoms with E-state index in [1.165, 1.54) is 11.8 Å². The third-order valence-electron chi connectivity index (χ3n) is 6.87. The molecule has 0 spiro atoms. The van der Waals surface area contributed by atoms with Crippen molar-refractivity contribution in [3.05, 3.63) is 58.9 Å². The molecule has 0 aliphatic carbocycles. The molecule has 2 amide bonds. The highest BCUT2D eigenvalue weighted by atomic mass is 16.5. The van der Waals surface area contributed by atoms with E-state index in [1.807, 2.05) is 24.3 Å². The summed E-state index contributed by atoms with van der Waals surface area (Å²) in [6, 6.07) is 10.0. The topological polar surface area (TPSA) is 82.0 Å². The first-order chi connectivity index (χ1) is 16.8. The van der Waals surface area contributed by atoms with Gasteiger partial charge < -0.3 is 24.1 Å². The molecule has 1 atom stereocenters. The minimum atomic E-state index is -0.491. The van der Waals surface area contributed by atoms with Gasteiger partial charge in [0, 0.05) is 47.4 Å². The Morgan fingerprint density at radius 3 is 2.40 bits per heavy atom. The highest BCUT2D eigenvalue weighted by Crippen LogP contribution is 2.52. The van der Waals surface area contributed by atoms with Crippen molar-refractivity contribution in [1.82, 2.24) is 9.47 Å². The van der Waals surface area contributed by atoms with E-state index in [-0.39, 0.29) is 24.4 Å². The molecule has 182 valence electrons. The fraction of sp³-hybridized carbons (Fsp3) is 0.333. The van der Waals surface area contributed by atoms with Crippen LogP contribution in [0.3, 0.4) is 0 Å². The van der Waals surface area contributed by atoms with Gasteiger partial charge in [0.25, 0.3) is 5.91 Å². The molecule has 35 heavy (non-hydrogen) atoms. The summed E-state index contributed by atoms with van der Waals surface area (Å²) in [4.78, 5) is 27.3. The smallest absolute Gasteiger partial charge is 0.259 e. The summed E-state index contributed by atoms with van der Waals surface area (Å²) in [7, 11) is 4.71. The van der Waals surface area contributed by atoms with Crippen molar-refractivity contribution in [3.63, 3.8) is 0 Å². The van der Waals surface area contributed by atoms with Crippen molar-refractivity contribution in [2.75, 3.05) is 33.2 Å². The number of aromatic nitrogens is 1. The lowest BCUT2D eigenvalue weighted by molar-refractivity contribution is -0.139. The molecule has 0 unspecified atom stereocenters. The fourth-order valence-corrected chi connectivity index (χ4v) is 5.33. The van der Waals surface area contributed by atoms with Gasteiger partial charge in [-0.15, -0.1) is 0 Å². The number of amides is 2. The molecule has 3 heterocycles. The molecule has 0 saturated heterocycles. The molecule has 2 aliphatic heterocycles. The van der Waals surface area contributed by atoms with Gasteiger partial charge in [-0.3, -0.25) is 14.5 Å². The average molecular weight is 476 g/mol. The van der Waals surface area contributed by atoms with E-state index in [4.69, 9.17) is 14.2 Å². The molecule has 2 aromatic carbocycles. The number of carbonyl (C=O) groups excluding carboxylic acids is 2. The zero-order valence-corrected chi connectivity index (χ0v) is 20.8. The molecule has 2 aliphatic rings. The number of rotatable bonds is 5. The third kappa shape index (κ3) is 3.27. The van der Waals surface area contributed by atoms with Crippen LogP contribution in [0.15, 0.2) is 47.8 Å². The quantitative estimate of drug-likeness (QED) is 0.587. The van der Waals surface area contributed by atoms with Gasteiger partial charge in [0.1, 0.15) is 0 Å². The Labute approximate surface area is 204 Å². The highest BCUT2D eigenvalue weighted by Gasteiger charge is 2.43. The predicted molar refractivity (Wildman–Crippen MR) is 133 cm³/mol. The van der Waals surface area contributed by atoms with Crippen molar-refractivity contribution in [3.8, 4) is 17.2 Å². The maximum Gasteiger partial charge on any atom is 0.259 e. The molecule has 0 radical (unpaired) electrons. The van der Waals surface area contributed by atoms with E-state index in [0.717, 1.165) is 27.7 Å². The second-order valence-corrected chi connectivity index (χ2v) is 9.07. The maximum absolute atomic E-state index is 13.7. The summed E-state index contributed by atoms with van der Waals surface area (Å²) in [6.45, 7) is 5.87. The zero-order valence-electron chi connectivity index (χ0n) is 20.8. The van der Waals surface area contributed by atoms with Crippen molar-refractivity contribution >= 4 is 28.4 Å². The molecule has 3 aromatic rings. The van der Waals surface area contributed by atoms with Crippen LogP contribution >= 0.6 is 0 Å². The van der Waals surface area contributed by atoms with E-state index in [0.29, 0.717) is 28.5 Å². The van der Waals surface area contributed by atoms with E-state index in [9.17, 15) is 9.59 Å². The molecule has 0 fully saturated rings. The van der Waals surface area contributed by atoms with Crippen LogP contribution < -0.4 is 19.5 Å². The number of imide groups is 1. The van der Waals surface area contributed by atoms with Crippen molar-refractivity contribution in [1.29, 1.82) is 0 Å². The maximum atomic E-state index is 13.7. The van der Waals surface area contributed by atoms with Crippen LogP contribution in [-0.2, 0) is 9.59 Å². The van der Waals surface area contributed by atoms with Gasteiger partial charge in [0.2, 0.25) is 11.7 Å². The number of carbonyl (C=O) groups is 2. The number of methoxy groups -OCH3 is 3. The van der Waals surface area contributed by atoms with Crippen LogP contribution in [0.25, 0.3) is 10.9 Å². The van der Waals surface area contributed by atoms with Gasteiger partial charge >= 0.3 is 0 Å². The first-order valence-electron chi connectivity index (χ1n) is 11.6. The van der Waals surface area contributed by atoms with Crippen LogP contribution in [0.2, 0.25) is 0 Å². The van der Waals surface area contributed by atoms with Gasteiger partial charge in [-0.25, -0.2) is 0 Å². The molecule has 0 saturated carbocycles. The number of hydrogen-bond acceptors (Lipinski definition) is 6. The molecule has 1 aromatic heterocycles. The second kappa shape index (κ2) is 8.37. The van der Waals surface area contributed by atoms with Crippen LogP contribution in [0, 0.1) is 0 Å². The van der Waals surface area contributed by atoms with Gasteiger partial charge in [-0.2, -0.15) is 0 Å². The van der Waals surface area contributed by atoms with E-state index in [2.05, 4.69) is 36.0 Å². The first kappa shape index (κ1) is 22.8. The molecule has 5 rings (SSSR count). The Kier molecular flexibility index (Phi) is 5.46. The lowest BCUT2D eigenvalue weighted by Crippen LogP contribution is -2.33. The van der Waals surface area contributed by atoms with Crippen LogP contribution in [0.4, 0.5) is 5.69 Å². The number of nitrogens with zero attached hydrogens (tertiary/aromatic N) is 2. The molecule has 0 bridgehead atoms. The summed E-state index contributed by atoms with van der Waals surface area (Å²) in [5, 5.41) is 4.54. The highest BCUT2D eigenvalue weighted by molar-refractivity contribution is 6.11. The van der Waals surface area contributed by atoms with Crippen molar-refractivity contribution < 1.29 is 23.8 Å². The monoisotopic (exact) mass is 475 g/mol. The fourth-order valence-electron chi connectivity index (χ4n) is 5.33. The standard InChI is InChI=1S/C27H29N3O5/c1-14(2)29-12-17-22(16-10-11-21(33-4)26(35-6)25(16)34-5)24-19(13-30(15(3)31)27(24)32)28-18-8-7-9-20(29)23(17)18/h7-12,14,22,28H,13H2,1-6H3/t22-/m1/s1. The Hall–Kier alpha value is -3.94. The lowest BCUT2D eigenvalue weighted by Gasteiger charge is -2.23. The third-order valence-corrected chi connectivity index (χ3v) is 6.87. The van der Waals surface area contributed by atoms with E-state index in [1.54, 1.807) is 21.3 Å². The van der Waals surface area contributed by atoms with Gasteiger partial charge in [0.15, 0.2) is 11.5 Å². The largest absolute Gasteiger partial charge is 0.493 e. The number of nitrogens with one attached hydrogen (secondary N) is 1. The van der Waals surface area contributed by atoms with Gasteiger partial charge in [0.05, 0.1) is 39.0 Å². The predicted octanol–water partition coefficient (Wildman–Crippen LogP) is 4.45. The molecular formula is C27H29N3O5. The van der Waals surface area contributed by atoms with Crippen molar-refractivity contribution in [2.45, 2.75) is 32.7 Å². The van der Waals surface area contributed by atoms with Crippen LogP contribution in [0.5, 0.6) is 17.2 Å². The minimum absolute atomic E-state index is 0.195. The Morgan fingerprint density at radius 2 is 1.77 bits per heavy atom. The minimum Gasteiger partial charge on any atom is -0.493 e.